The standard InChI is InChI=1S/C13H11F3N2O3/c14-13(15,16)12(19)6-9(17-18-12)3-1-8-2-4-10-11(5-8)21-7-20-10/h1-5,18-19H,6-7H2/b3-1+/t12-/m1/s1. The number of fused-ring (bicyclic) bond motifs is 1. The molecule has 3 rings (SSSR count). The van der Waals surface area contributed by atoms with Gasteiger partial charge in [0.15, 0.2) is 11.5 Å². The summed E-state index contributed by atoms with van der Waals surface area (Å²) < 4.78 is 48.1. The maximum absolute atomic E-state index is 12.6. The van der Waals surface area contributed by atoms with Gasteiger partial charge in [-0.2, -0.15) is 18.3 Å². The fourth-order valence-electron chi connectivity index (χ4n) is 1.97. The molecule has 5 nitrogen and oxygen atoms in total. The molecule has 1 aromatic carbocycles. The molecule has 0 saturated heterocycles. The van der Waals surface area contributed by atoms with Crippen molar-refractivity contribution in [1.82, 2.24) is 5.43 Å². The van der Waals surface area contributed by atoms with Crippen LogP contribution in [0.5, 0.6) is 11.5 Å². The van der Waals surface area contributed by atoms with Gasteiger partial charge in [0, 0.05) is 0 Å². The molecule has 0 amide bonds. The Balaban J connectivity index is 1.71. The Kier molecular flexibility index (Phi) is 3.05. The van der Waals surface area contributed by atoms with Gasteiger partial charge in [-0.15, -0.1) is 0 Å². The Morgan fingerprint density at radius 1 is 1.24 bits per heavy atom. The molecule has 0 bridgehead atoms. The third-order valence-corrected chi connectivity index (χ3v) is 3.16. The lowest BCUT2D eigenvalue weighted by atomic mass is 10.1. The number of rotatable bonds is 2. The van der Waals surface area contributed by atoms with Crippen LogP contribution in [-0.4, -0.2) is 29.5 Å². The van der Waals surface area contributed by atoms with Crippen LogP contribution in [0.3, 0.4) is 0 Å². The van der Waals surface area contributed by atoms with E-state index in [0.29, 0.717) is 11.5 Å². The smallest absolute Gasteiger partial charge is 0.438 e. The third kappa shape index (κ3) is 2.54. The summed E-state index contributed by atoms with van der Waals surface area (Å²) in [4.78, 5) is 0. The summed E-state index contributed by atoms with van der Waals surface area (Å²) in [6, 6.07) is 5.16. The second-order valence-corrected chi connectivity index (χ2v) is 4.70. The second-order valence-electron chi connectivity index (χ2n) is 4.70. The van der Waals surface area contributed by atoms with Crippen LogP contribution in [0.15, 0.2) is 29.4 Å². The van der Waals surface area contributed by atoms with Crippen LogP contribution in [0.4, 0.5) is 13.2 Å². The number of halogens is 3. The molecular weight excluding hydrogens is 289 g/mol. The summed E-state index contributed by atoms with van der Waals surface area (Å²) in [6.45, 7) is 0.151. The van der Waals surface area contributed by atoms with Crippen LogP contribution in [0, 0.1) is 0 Å². The Morgan fingerprint density at radius 3 is 2.71 bits per heavy atom. The van der Waals surface area contributed by atoms with Crippen LogP contribution >= 0.6 is 0 Å². The topological polar surface area (TPSA) is 63.1 Å². The first-order valence-corrected chi connectivity index (χ1v) is 6.08. The van der Waals surface area contributed by atoms with Gasteiger partial charge in [0.2, 0.25) is 6.79 Å². The zero-order chi connectivity index (χ0) is 15.1. The number of alkyl halides is 3. The van der Waals surface area contributed by atoms with Crippen molar-refractivity contribution in [2.45, 2.75) is 18.3 Å². The number of hydrazone groups is 1. The summed E-state index contributed by atoms with van der Waals surface area (Å²) in [5.74, 6) is 1.20. The molecule has 1 aromatic rings. The van der Waals surface area contributed by atoms with Crippen molar-refractivity contribution >= 4 is 11.8 Å². The lowest BCUT2D eigenvalue weighted by molar-refractivity contribution is -0.266. The average molecular weight is 300 g/mol. The van der Waals surface area contributed by atoms with E-state index in [1.807, 2.05) is 0 Å². The number of hydrogen-bond acceptors (Lipinski definition) is 5. The van der Waals surface area contributed by atoms with Gasteiger partial charge in [-0.05, 0) is 23.8 Å². The molecule has 0 unspecified atom stereocenters. The van der Waals surface area contributed by atoms with Gasteiger partial charge in [0.1, 0.15) is 0 Å². The molecule has 0 saturated carbocycles. The van der Waals surface area contributed by atoms with E-state index in [4.69, 9.17) is 9.47 Å². The number of aliphatic hydroxyl groups is 1. The van der Waals surface area contributed by atoms with Crippen molar-refractivity contribution in [3.05, 3.63) is 29.8 Å². The van der Waals surface area contributed by atoms with E-state index < -0.39 is 18.3 Å². The van der Waals surface area contributed by atoms with Crippen LogP contribution in [0.1, 0.15) is 12.0 Å². The lowest BCUT2D eigenvalue weighted by Gasteiger charge is -2.24. The van der Waals surface area contributed by atoms with E-state index in [0.717, 1.165) is 5.56 Å². The normalized spacial score (nSPS) is 24.3. The summed E-state index contributed by atoms with van der Waals surface area (Å²) >= 11 is 0. The number of benzene rings is 1. The molecule has 0 aliphatic carbocycles. The predicted octanol–water partition coefficient (Wildman–Crippen LogP) is 2.03. The highest BCUT2D eigenvalue weighted by atomic mass is 19.4. The molecule has 8 heteroatoms. The second kappa shape index (κ2) is 4.66. The van der Waals surface area contributed by atoms with Crippen LogP contribution < -0.4 is 14.9 Å². The third-order valence-electron chi connectivity index (χ3n) is 3.16. The van der Waals surface area contributed by atoms with Crippen molar-refractivity contribution < 1.29 is 27.8 Å². The van der Waals surface area contributed by atoms with E-state index >= 15 is 0 Å². The number of ether oxygens (including phenoxy) is 2. The molecule has 0 radical (unpaired) electrons. The molecule has 2 aliphatic heterocycles. The Morgan fingerprint density at radius 2 is 2.00 bits per heavy atom. The predicted molar refractivity (Wildman–Crippen MR) is 67.8 cm³/mol. The molecule has 2 heterocycles. The summed E-state index contributed by atoms with van der Waals surface area (Å²) in [7, 11) is 0. The number of hydrogen-bond donors (Lipinski definition) is 2. The average Bonchev–Trinajstić information content (AvgIpc) is 3.02. The molecular formula is C13H11F3N2O3. The number of allylic oxidation sites excluding steroid dienone is 1. The largest absolute Gasteiger partial charge is 0.454 e. The van der Waals surface area contributed by atoms with E-state index in [2.05, 4.69) is 5.10 Å². The quantitative estimate of drug-likeness (QED) is 0.877. The van der Waals surface area contributed by atoms with Gasteiger partial charge >= 0.3 is 6.18 Å². The van der Waals surface area contributed by atoms with Gasteiger partial charge in [0.25, 0.3) is 5.72 Å². The van der Waals surface area contributed by atoms with Crippen molar-refractivity contribution in [3.8, 4) is 11.5 Å². The van der Waals surface area contributed by atoms with Crippen LogP contribution in [0.2, 0.25) is 0 Å². The van der Waals surface area contributed by atoms with Gasteiger partial charge < -0.3 is 14.6 Å². The maximum atomic E-state index is 12.6. The molecule has 0 aromatic heterocycles. The molecule has 0 spiro atoms. The molecule has 21 heavy (non-hydrogen) atoms. The van der Waals surface area contributed by atoms with Gasteiger partial charge in [-0.25, -0.2) is 0 Å². The lowest BCUT2D eigenvalue weighted by Crippen LogP contribution is -2.52. The fraction of sp³-hybridized carbons (Fsp3) is 0.308. The van der Waals surface area contributed by atoms with Crippen LogP contribution in [0.25, 0.3) is 6.08 Å². The van der Waals surface area contributed by atoms with Gasteiger partial charge in [-0.3, -0.25) is 5.43 Å². The summed E-state index contributed by atoms with van der Waals surface area (Å²) in [5.41, 5.74) is -0.444. The first-order chi connectivity index (χ1) is 9.87. The van der Waals surface area contributed by atoms with Crippen LogP contribution in [-0.2, 0) is 0 Å². The summed E-state index contributed by atoms with van der Waals surface area (Å²) in [6.07, 6.45) is -2.43. The summed E-state index contributed by atoms with van der Waals surface area (Å²) in [5, 5.41) is 12.9. The first kappa shape index (κ1) is 13.7. The van der Waals surface area contributed by atoms with E-state index in [1.54, 1.807) is 29.7 Å². The van der Waals surface area contributed by atoms with Crippen molar-refractivity contribution in [2.75, 3.05) is 6.79 Å². The Hall–Kier alpha value is -2.22. The Bertz CT molecular complexity index is 628. The maximum Gasteiger partial charge on any atom is 0.438 e. The highest BCUT2D eigenvalue weighted by molar-refractivity contribution is 5.99. The number of nitrogens with one attached hydrogen (secondary N) is 1. The van der Waals surface area contributed by atoms with Gasteiger partial charge in [-0.1, -0.05) is 12.1 Å². The Labute approximate surface area is 117 Å². The molecule has 1 atom stereocenters. The fourth-order valence-corrected chi connectivity index (χ4v) is 1.97. The van der Waals surface area contributed by atoms with E-state index in [9.17, 15) is 18.3 Å². The molecule has 2 N–H and O–H groups in total. The highest BCUT2D eigenvalue weighted by Gasteiger charge is 2.56. The zero-order valence-corrected chi connectivity index (χ0v) is 10.6. The van der Waals surface area contributed by atoms with E-state index in [1.165, 1.54) is 6.08 Å². The molecule has 2 aliphatic rings. The first-order valence-electron chi connectivity index (χ1n) is 6.08. The zero-order valence-electron chi connectivity index (χ0n) is 10.6. The minimum atomic E-state index is -4.79. The minimum absolute atomic E-state index is 0.104. The minimum Gasteiger partial charge on any atom is -0.454 e. The number of nitrogens with zero attached hydrogens (tertiary/aromatic N) is 1. The molecule has 0 fully saturated rings. The van der Waals surface area contributed by atoms with Crippen molar-refractivity contribution in [1.29, 1.82) is 0 Å². The highest BCUT2D eigenvalue weighted by Crippen LogP contribution is 2.35. The molecule has 112 valence electrons. The van der Waals surface area contributed by atoms with Crippen molar-refractivity contribution in [3.63, 3.8) is 0 Å². The van der Waals surface area contributed by atoms with E-state index in [-0.39, 0.29) is 12.5 Å². The van der Waals surface area contributed by atoms with Crippen molar-refractivity contribution in [2.24, 2.45) is 5.10 Å². The SMILES string of the molecule is O[C@@]1(C(F)(F)F)CC(/C=C/c2ccc3c(c2)OCO3)=NN1. The monoisotopic (exact) mass is 300 g/mol. The van der Waals surface area contributed by atoms with Gasteiger partial charge in [0.05, 0.1) is 12.1 Å².